The van der Waals surface area contributed by atoms with Gasteiger partial charge in [-0.15, -0.1) is 0 Å². The van der Waals surface area contributed by atoms with E-state index in [9.17, 15) is 4.79 Å². The first kappa shape index (κ1) is 10.9. The summed E-state index contributed by atoms with van der Waals surface area (Å²) in [7, 11) is 0. The fourth-order valence-corrected chi connectivity index (χ4v) is 1.69. The second-order valence-corrected chi connectivity index (χ2v) is 3.82. The van der Waals surface area contributed by atoms with Crippen LogP contribution in [0.25, 0.3) is 0 Å². The lowest BCUT2D eigenvalue weighted by atomic mass is 10.3. The maximum atomic E-state index is 10.7. The number of carbonyl (C=O) groups is 1. The first-order valence-electron chi connectivity index (χ1n) is 4.77. The van der Waals surface area contributed by atoms with Gasteiger partial charge in [0.2, 0.25) is 5.88 Å². The maximum Gasteiger partial charge on any atom is 0.407 e. The van der Waals surface area contributed by atoms with Crippen LogP contribution in [0.2, 0.25) is 5.15 Å². The third-order valence-corrected chi connectivity index (χ3v) is 2.47. The van der Waals surface area contributed by atoms with Crippen LogP contribution >= 0.6 is 11.6 Å². The van der Waals surface area contributed by atoms with Gasteiger partial charge in [0.25, 0.3) is 0 Å². The molecule has 1 atom stereocenters. The van der Waals surface area contributed by atoms with Crippen LogP contribution in [-0.4, -0.2) is 45.3 Å². The molecular weight excluding hydrogens is 234 g/mol. The Morgan fingerprint density at radius 2 is 2.44 bits per heavy atom. The predicted octanol–water partition coefficient (Wildman–Crippen LogP) is 1.26. The number of aromatic nitrogens is 2. The summed E-state index contributed by atoms with van der Waals surface area (Å²) in [4.78, 5) is 19.7. The van der Waals surface area contributed by atoms with Gasteiger partial charge in [0, 0.05) is 13.0 Å². The number of hydrogen-bond acceptors (Lipinski definition) is 4. The van der Waals surface area contributed by atoms with Crippen LogP contribution in [0.4, 0.5) is 4.79 Å². The van der Waals surface area contributed by atoms with E-state index in [0.717, 1.165) is 0 Å². The number of carboxylic acid groups (broad SMARTS) is 1. The van der Waals surface area contributed by atoms with Crippen molar-refractivity contribution in [3.8, 4) is 5.88 Å². The summed E-state index contributed by atoms with van der Waals surface area (Å²) in [5.41, 5.74) is 0. The molecule has 1 amide bonds. The summed E-state index contributed by atoms with van der Waals surface area (Å²) in [6.45, 7) is 0.831. The molecule has 7 heteroatoms. The molecule has 1 saturated heterocycles. The molecule has 86 valence electrons. The van der Waals surface area contributed by atoms with E-state index in [1.54, 1.807) is 0 Å². The van der Waals surface area contributed by atoms with Crippen LogP contribution in [-0.2, 0) is 0 Å². The van der Waals surface area contributed by atoms with E-state index in [0.29, 0.717) is 25.4 Å². The zero-order valence-corrected chi connectivity index (χ0v) is 9.09. The molecule has 2 rings (SSSR count). The second kappa shape index (κ2) is 4.52. The maximum absolute atomic E-state index is 10.7. The zero-order chi connectivity index (χ0) is 11.5. The number of ether oxygens (including phenoxy) is 1. The molecule has 16 heavy (non-hydrogen) atoms. The highest BCUT2D eigenvalue weighted by atomic mass is 35.5. The third kappa shape index (κ3) is 2.52. The van der Waals surface area contributed by atoms with Gasteiger partial charge in [-0.2, -0.15) is 4.98 Å². The lowest BCUT2D eigenvalue weighted by molar-refractivity contribution is 0.144. The van der Waals surface area contributed by atoms with Crippen molar-refractivity contribution in [2.24, 2.45) is 0 Å². The molecule has 2 heterocycles. The highest BCUT2D eigenvalue weighted by molar-refractivity contribution is 6.29. The van der Waals surface area contributed by atoms with Crippen molar-refractivity contribution in [2.45, 2.75) is 12.5 Å². The SMILES string of the molecule is O=C(O)N1CC[C@H](Oc2cncc(Cl)n2)C1. The Kier molecular flexibility index (Phi) is 3.09. The Morgan fingerprint density at radius 3 is 3.06 bits per heavy atom. The van der Waals surface area contributed by atoms with E-state index in [4.69, 9.17) is 21.4 Å². The summed E-state index contributed by atoms with van der Waals surface area (Å²) in [5, 5.41) is 9.02. The van der Waals surface area contributed by atoms with Gasteiger partial charge >= 0.3 is 6.09 Å². The zero-order valence-electron chi connectivity index (χ0n) is 8.34. The molecular formula is C9H10ClN3O3. The number of amides is 1. The summed E-state index contributed by atoms with van der Waals surface area (Å²) < 4.78 is 5.47. The highest BCUT2D eigenvalue weighted by Crippen LogP contribution is 2.17. The fraction of sp³-hybridized carbons (Fsp3) is 0.444. The number of nitrogens with zero attached hydrogens (tertiary/aromatic N) is 3. The monoisotopic (exact) mass is 243 g/mol. The van der Waals surface area contributed by atoms with E-state index < -0.39 is 6.09 Å². The first-order valence-corrected chi connectivity index (χ1v) is 5.15. The standard InChI is InChI=1S/C9H10ClN3O3/c10-7-3-11-4-8(12-7)16-6-1-2-13(5-6)9(14)15/h3-4,6H,1-2,5H2,(H,14,15)/t6-/m0/s1. The highest BCUT2D eigenvalue weighted by Gasteiger charge is 2.27. The first-order chi connectivity index (χ1) is 7.65. The summed E-state index contributed by atoms with van der Waals surface area (Å²) in [6.07, 6.45) is 2.41. The number of halogens is 1. The van der Waals surface area contributed by atoms with Gasteiger partial charge < -0.3 is 14.7 Å². The van der Waals surface area contributed by atoms with Crippen LogP contribution in [0.5, 0.6) is 5.88 Å². The van der Waals surface area contributed by atoms with Gasteiger partial charge in [-0.05, 0) is 0 Å². The molecule has 1 aliphatic heterocycles. The molecule has 0 saturated carbocycles. The fourth-order valence-electron chi connectivity index (χ4n) is 1.55. The molecule has 6 nitrogen and oxygen atoms in total. The molecule has 0 radical (unpaired) electrons. The molecule has 0 unspecified atom stereocenters. The van der Waals surface area contributed by atoms with Crippen molar-refractivity contribution in [2.75, 3.05) is 13.1 Å². The van der Waals surface area contributed by atoms with Crippen LogP contribution in [0.3, 0.4) is 0 Å². The van der Waals surface area contributed by atoms with Crippen LogP contribution < -0.4 is 4.74 Å². The van der Waals surface area contributed by atoms with E-state index in [1.807, 2.05) is 0 Å². The Morgan fingerprint density at radius 1 is 1.62 bits per heavy atom. The van der Waals surface area contributed by atoms with Crippen molar-refractivity contribution < 1.29 is 14.6 Å². The summed E-state index contributed by atoms with van der Waals surface area (Å²) in [5.74, 6) is 0.324. The summed E-state index contributed by atoms with van der Waals surface area (Å²) in [6, 6.07) is 0. The third-order valence-electron chi connectivity index (χ3n) is 2.29. The molecule has 1 aromatic heterocycles. The molecule has 0 spiro atoms. The Hall–Kier alpha value is -1.56. The van der Waals surface area contributed by atoms with Gasteiger partial charge in [-0.3, -0.25) is 4.98 Å². The summed E-state index contributed by atoms with van der Waals surface area (Å²) >= 11 is 5.65. The number of likely N-dealkylation sites (tertiary alicyclic amines) is 1. The van der Waals surface area contributed by atoms with Gasteiger partial charge in [-0.1, -0.05) is 11.6 Å². The smallest absolute Gasteiger partial charge is 0.407 e. The number of hydrogen-bond donors (Lipinski definition) is 1. The van der Waals surface area contributed by atoms with Gasteiger partial charge in [0.1, 0.15) is 6.10 Å². The molecule has 1 aliphatic rings. The molecule has 0 aliphatic carbocycles. The Labute approximate surface area is 96.8 Å². The topological polar surface area (TPSA) is 75.5 Å². The Balaban J connectivity index is 1.94. The van der Waals surface area contributed by atoms with E-state index in [2.05, 4.69) is 9.97 Å². The van der Waals surface area contributed by atoms with Gasteiger partial charge in [-0.25, -0.2) is 4.79 Å². The van der Waals surface area contributed by atoms with Crippen LogP contribution in [0.1, 0.15) is 6.42 Å². The van der Waals surface area contributed by atoms with E-state index in [-0.39, 0.29) is 11.3 Å². The minimum absolute atomic E-state index is 0.177. The van der Waals surface area contributed by atoms with Crippen molar-refractivity contribution in [1.29, 1.82) is 0 Å². The normalized spacial score (nSPS) is 19.8. The molecule has 1 N–H and O–H groups in total. The van der Waals surface area contributed by atoms with Crippen LogP contribution in [0.15, 0.2) is 12.4 Å². The Bertz CT molecular complexity index is 401. The minimum Gasteiger partial charge on any atom is -0.471 e. The second-order valence-electron chi connectivity index (χ2n) is 3.44. The average molecular weight is 244 g/mol. The van der Waals surface area contributed by atoms with E-state index >= 15 is 0 Å². The average Bonchev–Trinajstić information content (AvgIpc) is 2.66. The van der Waals surface area contributed by atoms with Gasteiger partial charge in [0.05, 0.1) is 18.9 Å². The van der Waals surface area contributed by atoms with Gasteiger partial charge in [0.15, 0.2) is 5.15 Å². The predicted molar refractivity (Wildman–Crippen MR) is 55.7 cm³/mol. The lowest BCUT2D eigenvalue weighted by Gasteiger charge is -2.13. The largest absolute Gasteiger partial charge is 0.471 e. The van der Waals surface area contributed by atoms with Crippen molar-refractivity contribution in [3.63, 3.8) is 0 Å². The molecule has 0 bridgehead atoms. The van der Waals surface area contributed by atoms with E-state index in [1.165, 1.54) is 17.3 Å². The van der Waals surface area contributed by atoms with Crippen molar-refractivity contribution in [3.05, 3.63) is 17.5 Å². The van der Waals surface area contributed by atoms with Crippen LogP contribution in [0, 0.1) is 0 Å². The quantitative estimate of drug-likeness (QED) is 0.846. The van der Waals surface area contributed by atoms with Crippen molar-refractivity contribution >= 4 is 17.7 Å². The lowest BCUT2D eigenvalue weighted by Crippen LogP contribution is -2.29. The molecule has 1 aromatic rings. The minimum atomic E-state index is -0.928. The number of rotatable bonds is 2. The molecule has 1 fully saturated rings. The van der Waals surface area contributed by atoms with Crippen molar-refractivity contribution in [1.82, 2.24) is 14.9 Å². The molecule has 0 aromatic carbocycles.